The maximum atomic E-state index is 13.6. The lowest BCUT2D eigenvalue weighted by molar-refractivity contribution is 0.0687. The SMILES string of the molecule is Cc1cc(OCCCc2c(C(=O)NS(=O)(=O)C3CCN(C(=O)c4cccc(Oc5ccccc5)c4)CC3)[nH]c3cc(Cl)ccc23)cc(C)c1Cl.Cc1cc(OCCCc2c(C(=O)NS(=O)(=O)CC3CCN(C(=O)c4cccn4C)CC3)[nH]c3ccccc23)cc(C)c1Cl. The second kappa shape index (κ2) is 29.8. The quantitative estimate of drug-likeness (QED) is 0.0494. The number of piperidine rings is 2. The summed E-state index contributed by atoms with van der Waals surface area (Å²) in [5.41, 5.74) is 8.01. The number of para-hydroxylation sites is 2. The van der Waals surface area contributed by atoms with Gasteiger partial charge in [0.15, 0.2) is 0 Å². The number of nitrogens with zero attached hydrogens (tertiary/aromatic N) is 3. The molecule has 93 heavy (non-hydrogen) atoms. The summed E-state index contributed by atoms with van der Waals surface area (Å²) in [6, 6.07) is 40.1. The number of carbonyl (C=O) groups excluding carboxylic acids is 4. The molecule has 0 bridgehead atoms. The van der Waals surface area contributed by atoms with Gasteiger partial charge in [-0.05, 0) is 203 Å². The summed E-state index contributed by atoms with van der Waals surface area (Å²) in [5, 5.41) is 2.72. The fourth-order valence-corrected chi connectivity index (χ4v) is 15.2. The number of amides is 4. The number of halogens is 3. The third kappa shape index (κ3) is 16.8. The number of aromatic amines is 2. The zero-order chi connectivity index (χ0) is 66.1. The topological polar surface area (TPSA) is 231 Å². The van der Waals surface area contributed by atoms with Crippen molar-refractivity contribution in [2.45, 2.75) is 84.3 Å². The predicted octanol–water partition coefficient (Wildman–Crippen LogP) is 13.7. The van der Waals surface area contributed by atoms with Crippen LogP contribution in [0.4, 0.5) is 0 Å². The Morgan fingerprint density at radius 1 is 0.548 bits per heavy atom. The van der Waals surface area contributed by atoms with Gasteiger partial charge in [-0.25, -0.2) is 26.3 Å². The molecule has 0 radical (unpaired) electrons. The lowest BCUT2D eigenvalue weighted by Crippen LogP contribution is -2.46. The van der Waals surface area contributed by atoms with Gasteiger partial charge in [-0.2, -0.15) is 0 Å². The van der Waals surface area contributed by atoms with Crippen LogP contribution in [0.25, 0.3) is 21.8 Å². The summed E-state index contributed by atoms with van der Waals surface area (Å²) in [6.45, 7) is 9.91. The number of nitrogens with one attached hydrogen (secondary N) is 4. The summed E-state index contributed by atoms with van der Waals surface area (Å²) in [7, 11) is -6.14. The molecule has 4 amide bonds. The zero-order valence-corrected chi connectivity index (χ0v) is 56.2. The van der Waals surface area contributed by atoms with Crippen molar-refractivity contribution in [3.63, 3.8) is 0 Å². The number of rotatable bonds is 21. The van der Waals surface area contributed by atoms with E-state index in [-0.39, 0.29) is 60.8 Å². The number of aromatic nitrogens is 3. The molecule has 2 fully saturated rings. The van der Waals surface area contributed by atoms with Gasteiger partial charge in [0.25, 0.3) is 23.6 Å². The number of ether oxygens (including phenoxy) is 3. The Kier molecular flexibility index (Phi) is 21.6. The molecule has 0 saturated carbocycles. The van der Waals surface area contributed by atoms with Crippen LogP contribution in [0.2, 0.25) is 15.1 Å². The highest BCUT2D eigenvalue weighted by molar-refractivity contribution is 7.90. The Morgan fingerprint density at radius 2 is 1.08 bits per heavy atom. The lowest BCUT2D eigenvalue weighted by Gasteiger charge is -2.31. The standard InChI is InChI=1S/C38H37Cl2N3O6S.C32H37ClN4O5S/c1-24-20-30(21-25(2)35(24)40)48-19-7-12-33-32-14-13-27(39)23-34(32)41-36(33)37(44)42-50(46,47)31-15-17-43(18-16-31)38(45)26-8-6-11-29(22-26)49-28-9-4-3-5-10-28;1-21-18-24(19-22(2)29(21)33)42-17-7-9-26-25-8-4-5-10-27(25)34-30(26)31(38)35-43(40,41)20-23-12-15-37(16-13-23)32(39)28-11-6-14-36(28)3/h3-6,8-11,13-14,20-23,31,41H,7,12,15-19H2,1-2H3,(H,42,44);4-6,8,10-11,14,18-19,23,34H,7,9,12-13,15-17,20H2,1-3H3,(H,35,38). The molecule has 18 nitrogen and oxygen atoms in total. The maximum Gasteiger partial charge on any atom is 0.281 e. The van der Waals surface area contributed by atoms with Gasteiger partial charge in [0.1, 0.15) is 40.1 Å². The molecular weight excluding hydrogens is 1290 g/mol. The average molecular weight is 1360 g/mol. The van der Waals surface area contributed by atoms with E-state index >= 15 is 0 Å². The number of hydrogen-bond acceptors (Lipinski definition) is 11. The summed E-state index contributed by atoms with van der Waals surface area (Å²) < 4.78 is 77.4. The molecule has 9 aromatic rings. The molecule has 0 unspecified atom stereocenters. The monoisotopic (exact) mass is 1360 g/mol. The van der Waals surface area contributed by atoms with Gasteiger partial charge in [-0.3, -0.25) is 19.2 Å². The molecule has 2 aliphatic rings. The molecule has 3 aromatic heterocycles. The molecule has 0 atom stereocenters. The first kappa shape index (κ1) is 67.6. The van der Waals surface area contributed by atoms with Gasteiger partial charge in [0, 0.05) is 81.9 Å². The van der Waals surface area contributed by atoms with E-state index in [4.69, 9.17) is 49.0 Å². The van der Waals surface area contributed by atoms with Gasteiger partial charge in [-0.1, -0.05) is 83.3 Å². The molecule has 11 rings (SSSR count). The van der Waals surface area contributed by atoms with E-state index in [1.165, 1.54) is 0 Å². The molecule has 6 aromatic carbocycles. The Balaban J connectivity index is 0.000000206. The molecule has 2 saturated heterocycles. The van der Waals surface area contributed by atoms with Gasteiger partial charge in [0.2, 0.25) is 20.0 Å². The van der Waals surface area contributed by atoms with Crippen molar-refractivity contribution in [3.8, 4) is 23.0 Å². The first-order valence-electron chi connectivity index (χ1n) is 30.8. The van der Waals surface area contributed by atoms with Crippen LogP contribution in [0.1, 0.15) is 114 Å². The van der Waals surface area contributed by atoms with Crippen LogP contribution in [-0.4, -0.2) is 115 Å². The van der Waals surface area contributed by atoms with E-state index in [1.54, 1.807) is 56.8 Å². The second-order valence-corrected chi connectivity index (χ2v) is 28.6. The van der Waals surface area contributed by atoms with Gasteiger partial charge >= 0.3 is 0 Å². The number of likely N-dealkylation sites (tertiary alicyclic amines) is 2. The van der Waals surface area contributed by atoms with Crippen molar-refractivity contribution >= 4 is 100 Å². The molecule has 4 N–H and O–H groups in total. The third-order valence-corrected chi connectivity index (χ3v) is 21.5. The van der Waals surface area contributed by atoms with E-state index in [0.29, 0.717) is 114 Å². The highest BCUT2D eigenvalue weighted by Gasteiger charge is 2.35. The minimum absolute atomic E-state index is 0.0581. The Bertz CT molecular complexity index is 4410. The molecule has 23 heteroatoms. The van der Waals surface area contributed by atoms with E-state index in [0.717, 1.165) is 54.9 Å². The summed E-state index contributed by atoms with van der Waals surface area (Å²) in [6.07, 6.45) is 5.46. The molecule has 0 spiro atoms. The Labute approximate surface area is 556 Å². The van der Waals surface area contributed by atoms with E-state index in [1.807, 2.05) is 132 Å². The number of carbonyl (C=O) groups is 4. The van der Waals surface area contributed by atoms with Gasteiger partial charge in [0.05, 0.1) is 24.2 Å². The van der Waals surface area contributed by atoms with Crippen molar-refractivity contribution in [2.75, 3.05) is 45.1 Å². The van der Waals surface area contributed by atoms with Crippen molar-refractivity contribution in [2.24, 2.45) is 13.0 Å². The number of hydrogen-bond donors (Lipinski definition) is 4. The lowest BCUT2D eigenvalue weighted by atomic mass is 9.99. The second-order valence-electron chi connectivity index (χ2n) is 23.7. The number of H-pyrrole nitrogens is 2. The van der Waals surface area contributed by atoms with Crippen molar-refractivity contribution in [3.05, 3.63) is 211 Å². The number of sulfonamides is 2. The van der Waals surface area contributed by atoms with Crippen molar-refractivity contribution < 1.29 is 50.2 Å². The first-order valence-corrected chi connectivity index (χ1v) is 35.2. The van der Waals surface area contributed by atoms with Gasteiger partial charge < -0.3 is 38.5 Å². The molecule has 2 aliphatic heterocycles. The average Bonchev–Trinajstić information content (AvgIpc) is 1.67. The largest absolute Gasteiger partial charge is 0.494 e. The molecular formula is C70H74Cl3N7O11S2. The van der Waals surface area contributed by atoms with Crippen LogP contribution in [0, 0.1) is 33.6 Å². The fraction of sp³-hybridized carbons (Fsp3) is 0.314. The van der Waals surface area contributed by atoms with Crippen molar-refractivity contribution in [1.82, 2.24) is 33.8 Å². The van der Waals surface area contributed by atoms with Crippen LogP contribution < -0.4 is 23.7 Å². The van der Waals surface area contributed by atoms with Crippen LogP contribution in [-0.2, 0) is 39.9 Å². The summed E-state index contributed by atoms with van der Waals surface area (Å²) in [5.74, 6) is 0.610. The van der Waals surface area contributed by atoms with Crippen molar-refractivity contribution in [1.29, 1.82) is 0 Å². The zero-order valence-electron chi connectivity index (χ0n) is 52.3. The van der Waals surface area contributed by atoms with Crippen LogP contribution >= 0.6 is 34.8 Å². The van der Waals surface area contributed by atoms with E-state index in [9.17, 15) is 36.0 Å². The third-order valence-electron chi connectivity index (χ3n) is 16.9. The Morgan fingerprint density at radius 3 is 1.67 bits per heavy atom. The smallest absolute Gasteiger partial charge is 0.281 e. The normalized spacial score (nSPS) is 14.0. The fourth-order valence-electron chi connectivity index (χ4n) is 12.0. The van der Waals surface area contributed by atoms with Crippen LogP contribution in [0.5, 0.6) is 23.0 Å². The first-order chi connectivity index (χ1) is 44.5. The van der Waals surface area contributed by atoms with Crippen LogP contribution in [0.15, 0.2) is 140 Å². The minimum Gasteiger partial charge on any atom is -0.494 e. The number of fused-ring (bicyclic) bond motifs is 2. The molecule has 5 heterocycles. The Hall–Kier alpha value is -8.27. The van der Waals surface area contributed by atoms with E-state index < -0.39 is 37.1 Å². The highest BCUT2D eigenvalue weighted by Crippen LogP contribution is 2.32. The number of benzene rings is 6. The maximum absolute atomic E-state index is 13.6. The predicted molar refractivity (Wildman–Crippen MR) is 365 cm³/mol. The highest BCUT2D eigenvalue weighted by atomic mass is 35.5. The molecule has 0 aliphatic carbocycles. The van der Waals surface area contributed by atoms with E-state index in [2.05, 4.69) is 19.4 Å². The minimum atomic E-state index is -4.06. The van der Waals surface area contributed by atoms with Crippen LogP contribution in [0.3, 0.4) is 0 Å². The molecule has 488 valence electrons. The number of aryl methyl sites for hydroxylation is 7. The summed E-state index contributed by atoms with van der Waals surface area (Å²) >= 11 is 18.8. The van der Waals surface area contributed by atoms with Gasteiger partial charge in [-0.15, -0.1) is 0 Å². The summed E-state index contributed by atoms with van der Waals surface area (Å²) in [4.78, 5) is 62.7.